The largest absolute Gasteiger partial charge is 0.438 e. The van der Waals surface area contributed by atoms with Crippen LogP contribution in [0.15, 0.2) is 50.9 Å². The SMILES string of the molecule is O=c1[nH]c(CCNS(=O)(=O)c2cnn(-c3ccccc3F)c2)no1. The molecule has 3 aromatic rings. The minimum atomic E-state index is -3.83. The van der Waals surface area contributed by atoms with Gasteiger partial charge in [-0.25, -0.2) is 27.0 Å². The van der Waals surface area contributed by atoms with Crippen LogP contribution in [0.2, 0.25) is 0 Å². The van der Waals surface area contributed by atoms with E-state index < -0.39 is 21.6 Å². The monoisotopic (exact) mass is 353 g/mol. The summed E-state index contributed by atoms with van der Waals surface area (Å²) >= 11 is 0. The fraction of sp³-hybridized carbons (Fsp3) is 0.154. The van der Waals surface area contributed by atoms with Gasteiger partial charge in [-0.2, -0.15) is 5.10 Å². The lowest BCUT2D eigenvalue weighted by Crippen LogP contribution is -2.26. The van der Waals surface area contributed by atoms with Crippen molar-refractivity contribution in [3.8, 4) is 5.69 Å². The molecule has 0 saturated heterocycles. The molecule has 0 aliphatic carbocycles. The van der Waals surface area contributed by atoms with Gasteiger partial charge in [0.2, 0.25) is 10.0 Å². The van der Waals surface area contributed by atoms with Crippen molar-refractivity contribution in [1.82, 2.24) is 24.6 Å². The molecule has 0 bridgehead atoms. The van der Waals surface area contributed by atoms with Crippen LogP contribution in [0, 0.1) is 5.82 Å². The van der Waals surface area contributed by atoms with Crippen molar-refractivity contribution in [3.05, 3.63) is 58.9 Å². The third-order valence-corrected chi connectivity index (χ3v) is 4.52. The average molecular weight is 353 g/mol. The second-order valence-corrected chi connectivity index (χ2v) is 6.53. The van der Waals surface area contributed by atoms with Crippen molar-refractivity contribution in [1.29, 1.82) is 0 Å². The normalized spacial score (nSPS) is 11.7. The van der Waals surface area contributed by atoms with Crippen molar-refractivity contribution in [3.63, 3.8) is 0 Å². The van der Waals surface area contributed by atoms with Gasteiger partial charge in [0, 0.05) is 13.0 Å². The third-order valence-electron chi connectivity index (χ3n) is 3.11. The maximum Gasteiger partial charge on any atom is 0.438 e. The Bertz CT molecular complexity index is 1010. The molecule has 0 aliphatic heterocycles. The minimum absolute atomic E-state index is 0.00428. The lowest BCUT2D eigenvalue weighted by molar-refractivity contribution is 0.381. The molecule has 0 amide bonds. The third kappa shape index (κ3) is 3.41. The Morgan fingerprint density at radius 3 is 2.83 bits per heavy atom. The molecule has 3 rings (SSSR count). The number of rotatable bonds is 6. The smallest absolute Gasteiger partial charge is 0.296 e. The fourth-order valence-corrected chi connectivity index (χ4v) is 2.93. The standard InChI is InChI=1S/C13H12FN5O4S/c14-10-3-1-2-4-11(10)19-8-9(7-15-19)24(21,22)16-6-5-12-17-13(20)23-18-12/h1-4,7-8,16H,5-6H2,(H,17,18,20). The number of aromatic nitrogens is 4. The van der Waals surface area contributed by atoms with Crippen LogP contribution in [-0.4, -0.2) is 34.9 Å². The summed E-state index contributed by atoms with van der Waals surface area (Å²) in [6.45, 7) is -0.00428. The van der Waals surface area contributed by atoms with E-state index in [-0.39, 0.29) is 29.4 Å². The fourth-order valence-electron chi connectivity index (χ4n) is 1.97. The zero-order valence-corrected chi connectivity index (χ0v) is 13.0. The van der Waals surface area contributed by atoms with Crippen molar-refractivity contribution < 1.29 is 17.3 Å². The zero-order valence-electron chi connectivity index (χ0n) is 12.1. The summed E-state index contributed by atoms with van der Waals surface area (Å²) < 4.78 is 45.8. The Morgan fingerprint density at radius 1 is 1.33 bits per heavy atom. The number of hydrogen-bond donors (Lipinski definition) is 2. The highest BCUT2D eigenvalue weighted by molar-refractivity contribution is 7.89. The topological polar surface area (TPSA) is 123 Å². The first-order valence-electron chi connectivity index (χ1n) is 6.80. The highest BCUT2D eigenvalue weighted by Gasteiger charge is 2.17. The molecular weight excluding hydrogens is 341 g/mol. The van der Waals surface area contributed by atoms with Gasteiger partial charge >= 0.3 is 5.76 Å². The van der Waals surface area contributed by atoms with E-state index in [0.29, 0.717) is 0 Å². The molecule has 0 unspecified atom stereocenters. The van der Waals surface area contributed by atoms with Crippen LogP contribution in [0.5, 0.6) is 0 Å². The number of H-pyrrole nitrogens is 1. The summed E-state index contributed by atoms with van der Waals surface area (Å²) in [6, 6.07) is 5.87. The first kappa shape index (κ1) is 16.1. The van der Waals surface area contributed by atoms with Crippen molar-refractivity contribution in [2.45, 2.75) is 11.3 Å². The van der Waals surface area contributed by atoms with Crippen molar-refractivity contribution >= 4 is 10.0 Å². The number of nitrogens with one attached hydrogen (secondary N) is 2. The minimum Gasteiger partial charge on any atom is -0.296 e. The molecule has 0 fully saturated rings. The molecule has 0 saturated carbocycles. The first-order chi connectivity index (χ1) is 11.5. The van der Waals surface area contributed by atoms with Gasteiger partial charge in [0.1, 0.15) is 16.4 Å². The molecule has 24 heavy (non-hydrogen) atoms. The molecule has 1 aromatic carbocycles. The molecule has 0 aliphatic rings. The van der Waals surface area contributed by atoms with Gasteiger partial charge in [-0.3, -0.25) is 9.51 Å². The summed E-state index contributed by atoms with van der Waals surface area (Å²) in [5, 5.41) is 7.29. The summed E-state index contributed by atoms with van der Waals surface area (Å²) in [5.41, 5.74) is 0.138. The van der Waals surface area contributed by atoms with Crippen LogP contribution < -0.4 is 10.5 Å². The lowest BCUT2D eigenvalue weighted by atomic mass is 10.3. The second kappa shape index (κ2) is 6.37. The van der Waals surface area contributed by atoms with E-state index in [1.165, 1.54) is 24.4 Å². The number of nitrogens with zero attached hydrogens (tertiary/aromatic N) is 3. The summed E-state index contributed by atoms with van der Waals surface area (Å²) in [4.78, 5) is 13.0. The highest BCUT2D eigenvalue weighted by atomic mass is 32.2. The van der Waals surface area contributed by atoms with Gasteiger partial charge in [-0.05, 0) is 12.1 Å². The Balaban J connectivity index is 1.71. The molecule has 2 heterocycles. The number of sulfonamides is 1. The quantitative estimate of drug-likeness (QED) is 0.653. The van der Waals surface area contributed by atoms with E-state index in [0.717, 1.165) is 10.9 Å². The van der Waals surface area contributed by atoms with E-state index in [1.54, 1.807) is 6.07 Å². The van der Waals surface area contributed by atoms with E-state index in [1.807, 2.05) is 0 Å². The lowest BCUT2D eigenvalue weighted by Gasteiger charge is -2.03. The van der Waals surface area contributed by atoms with E-state index >= 15 is 0 Å². The van der Waals surface area contributed by atoms with Crippen LogP contribution in [0.1, 0.15) is 5.82 Å². The van der Waals surface area contributed by atoms with Gasteiger partial charge in [-0.1, -0.05) is 17.3 Å². The van der Waals surface area contributed by atoms with Crippen LogP contribution in [0.3, 0.4) is 0 Å². The van der Waals surface area contributed by atoms with E-state index in [2.05, 4.69) is 24.5 Å². The van der Waals surface area contributed by atoms with Crippen LogP contribution in [0.4, 0.5) is 4.39 Å². The Morgan fingerprint density at radius 2 is 2.12 bits per heavy atom. The summed E-state index contributed by atoms with van der Waals surface area (Å²) in [6.07, 6.45) is 2.47. The van der Waals surface area contributed by atoms with Crippen LogP contribution >= 0.6 is 0 Å². The number of halogens is 1. The van der Waals surface area contributed by atoms with Gasteiger partial charge in [0.25, 0.3) is 0 Å². The van der Waals surface area contributed by atoms with Crippen LogP contribution in [0.25, 0.3) is 5.69 Å². The number of benzene rings is 1. The molecule has 2 aromatic heterocycles. The summed E-state index contributed by atoms with van der Waals surface area (Å²) in [5.74, 6) is -1.00. The Labute approximate surface area is 135 Å². The Kier molecular flexibility index (Phi) is 4.27. The maximum atomic E-state index is 13.7. The molecule has 9 nitrogen and oxygen atoms in total. The summed E-state index contributed by atoms with van der Waals surface area (Å²) in [7, 11) is -3.83. The predicted molar refractivity (Wildman–Crippen MR) is 79.5 cm³/mol. The maximum absolute atomic E-state index is 13.7. The molecule has 0 spiro atoms. The Hall–Kier alpha value is -2.79. The van der Waals surface area contributed by atoms with Crippen LogP contribution in [-0.2, 0) is 16.4 Å². The number of hydrogen-bond acceptors (Lipinski definition) is 6. The van der Waals surface area contributed by atoms with E-state index in [4.69, 9.17) is 0 Å². The van der Waals surface area contributed by atoms with Gasteiger partial charge in [0.15, 0.2) is 5.82 Å². The molecule has 0 atom stereocenters. The van der Waals surface area contributed by atoms with Gasteiger partial charge < -0.3 is 0 Å². The van der Waals surface area contributed by atoms with Crippen molar-refractivity contribution in [2.24, 2.45) is 0 Å². The molecule has 126 valence electrons. The average Bonchev–Trinajstić information content (AvgIpc) is 3.17. The first-order valence-corrected chi connectivity index (χ1v) is 8.28. The molecular formula is C13H12FN5O4S. The second-order valence-electron chi connectivity index (χ2n) is 4.76. The molecule has 0 radical (unpaired) electrons. The van der Waals surface area contributed by atoms with E-state index in [9.17, 15) is 17.6 Å². The highest BCUT2D eigenvalue weighted by Crippen LogP contribution is 2.15. The molecule has 2 N–H and O–H groups in total. The number of para-hydroxylation sites is 1. The molecule has 11 heteroatoms. The zero-order chi connectivity index (χ0) is 17.2. The number of aromatic amines is 1. The predicted octanol–water partition coefficient (Wildman–Crippen LogP) is 0.209. The van der Waals surface area contributed by atoms with Gasteiger partial charge in [0.05, 0.1) is 12.4 Å². The van der Waals surface area contributed by atoms with Crippen molar-refractivity contribution in [2.75, 3.05) is 6.54 Å². The van der Waals surface area contributed by atoms with Gasteiger partial charge in [-0.15, -0.1) is 0 Å².